The van der Waals surface area contributed by atoms with Crippen molar-refractivity contribution in [1.82, 2.24) is 19.8 Å². The summed E-state index contributed by atoms with van der Waals surface area (Å²) < 4.78 is 1.91. The number of hydrogen-bond acceptors (Lipinski definition) is 3. The molecule has 2 aromatic heterocycles. The molecule has 2 aromatic rings. The van der Waals surface area contributed by atoms with Crippen molar-refractivity contribution in [3.8, 4) is 0 Å². The van der Waals surface area contributed by atoms with Crippen LogP contribution in [0.2, 0.25) is 0 Å². The molecule has 1 aliphatic heterocycles. The number of amides is 2. The third-order valence-corrected chi connectivity index (χ3v) is 10.6. The number of rotatable bonds is 3. The summed E-state index contributed by atoms with van der Waals surface area (Å²) in [4.78, 5) is 28.0. The Labute approximate surface area is 208 Å². The van der Waals surface area contributed by atoms with E-state index < -0.39 is 0 Å². The summed E-state index contributed by atoms with van der Waals surface area (Å²) >= 11 is 0. The molecule has 0 radical (unpaired) electrons. The summed E-state index contributed by atoms with van der Waals surface area (Å²) in [6.07, 6.45) is 8.87. The second-order valence-electron chi connectivity index (χ2n) is 12.2. The van der Waals surface area contributed by atoms with Crippen LogP contribution in [0.5, 0.6) is 0 Å². The van der Waals surface area contributed by atoms with Crippen molar-refractivity contribution in [3.05, 3.63) is 47.4 Å². The van der Waals surface area contributed by atoms with Crippen molar-refractivity contribution in [1.29, 1.82) is 0 Å². The van der Waals surface area contributed by atoms with E-state index in [4.69, 9.17) is 0 Å². The topological polar surface area (TPSA) is 66.7 Å². The van der Waals surface area contributed by atoms with Gasteiger partial charge in [-0.3, -0.25) is 9.59 Å². The maximum Gasteiger partial charge on any atom is 0.226 e. The molecule has 6 rings (SSSR count). The molecule has 35 heavy (non-hydrogen) atoms. The van der Waals surface area contributed by atoms with Gasteiger partial charge in [0.2, 0.25) is 11.8 Å². The number of allylic oxidation sites excluding steroid dienone is 2. The number of hydrogen-bond donors (Lipinski definition) is 1. The first kappa shape index (κ1) is 22.8. The summed E-state index contributed by atoms with van der Waals surface area (Å²) in [5.74, 6) is 2.32. The highest BCUT2D eigenvalue weighted by molar-refractivity contribution is 5.80. The van der Waals surface area contributed by atoms with Gasteiger partial charge in [0.1, 0.15) is 0 Å². The lowest BCUT2D eigenvalue weighted by molar-refractivity contribution is -0.138. The average molecular weight is 475 g/mol. The Morgan fingerprint density at radius 1 is 1.14 bits per heavy atom. The van der Waals surface area contributed by atoms with Gasteiger partial charge in [-0.2, -0.15) is 5.10 Å². The number of likely N-dealkylation sites (tertiary alicyclic amines) is 1. The van der Waals surface area contributed by atoms with Crippen molar-refractivity contribution in [2.75, 3.05) is 7.05 Å². The smallest absolute Gasteiger partial charge is 0.226 e. The van der Waals surface area contributed by atoms with E-state index in [0.29, 0.717) is 30.7 Å². The fraction of sp³-hybridized carbons (Fsp3) is 0.621. The summed E-state index contributed by atoms with van der Waals surface area (Å²) in [5, 5.41) is 7.68. The Bertz CT molecular complexity index is 1230. The highest BCUT2D eigenvalue weighted by Gasteiger charge is 2.61. The monoisotopic (exact) mass is 474 g/mol. The lowest BCUT2D eigenvalue weighted by atomic mass is 9.48. The van der Waals surface area contributed by atoms with E-state index in [0.717, 1.165) is 49.7 Å². The quantitative estimate of drug-likeness (QED) is 0.685. The van der Waals surface area contributed by atoms with Crippen LogP contribution in [0, 0.1) is 34.5 Å². The Hall–Kier alpha value is -2.63. The third kappa shape index (κ3) is 3.24. The zero-order valence-corrected chi connectivity index (χ0v) is 21.5. The summed E-state index contributed by atoms with van der Waals surface area (Å²) in [7, 11) is 1.98. The molecule has 0 spiro atoms. The fourth-order valence-electron chi connectivity index (χ4n) is 8.98. The van der Waals surface area contributed by atoms with Crippen molar-refractivity contribution >= 4 is 17.3 Å². The van der Waals surface area contributed by atoms with E-state index in [1.54, 1.807) is 6.20 Å². The van der Waals surface area contributed by atoms with Gasteiger partial charge in [0.15, 0.2) is 0 Å². The van der Waals surface area contributed by atoms with Gasteiger partial charge in [0, 0.05) is 36.7 Å². The molecule has 1 saturated heterocycles. The van der Waals surface area contributed by atoms with Crippen LogP contribution in [-0.2, 0) is 16.1 Å². The lowest BCUT2D eigenvalue weighted by Crippen LogP contribution is -2.55. The Morgan fingerprint density at radius 2 is 1.97 bits per heavy atom. The maximum atomic E-state index is 13.6. The van der Waals surface area contributed by atoms with Crippen LogP contribution in [0.1, 0.15) is 71.4 Å². The van der Waals surface area contributed by atoms with E-state index in [2.05, 4.69) is 31.2 Å². The Balaban J connectivity index is 1.22. The van der Waals surface area contributed by atoms with E-state index in [9.17, 15) is 9.59 Å². The van der Waals surface area contributed by atoms with Crippen LogP contribution in [-0.4, -0.2) is 33.4 Å². The number of piperidine rings is 1. The van der Waals surface area contributed by atoms with Crippen LogP contribution < -0.4 is 5.32 Å². The predicted molar refractivity (Wildman–Crippen MR) is 135 cm³/mol. The molecule has 0 bridgehead atoms. The second kappa shape index (κ2) is 7.94. The molecule has 0 unspecified atom stereocenters. The summed E-state index contributed by atoms with van der Waals surface area (Å²) in [6, 6.07) is 8.08. The van der Waals surface area contributed by atoms with Gasteiger partial charge in [-0.1, -0.05) is 25.5 Å². The highest BCUT2D eigenvalue weighted by Crippen LogP contribution is 2.66. The molecule has 2 saturated carbocycles. The van der Waals surface area contributed by atoms with Gasteiger partial charge in [0.25, 0.3) is 0 Å². The zero-order valence-electron chi connectivity index (χ0n) is 21.5. The largest absolute Gasteiger partial charge is 0.350 e. The molecule has 3 fully saturated rings. The van der Waals surface area contributed by atoms with E-state index in [1.165, 1.54) is 11.3 Å². The number of pyridine rings is 1. The van der Waals surface area contributed by atoms with Crippen LogP contribution in [0.15, 0.2) is 41.7 Å². The third-order valence-electron chi connectivity index (χ3n) is 10.6. The van der Waals surface area contributed by atoms with Gasteiger partial charge in [-0.05, 0) is 86.8 Å². The van der Waals surface area contributed by atoms with Crippen LogP contribution in [0.3, 0.4) is 0 Å². The van der Waals surface area contributed by atoms with Crippen LogP contribution in [0.4, 0.5) is 0 Å². The first-order chi connectivity index (χ1) is 16.7. The van der Waals surface area contributed by atoms with Crippen molar-refractivity contribution in [2.24, 2.45) is 34.5 Å². The number of carbonyl (C=O) groups is 2. The first-order valence-corrected chi connectivity index (χ1v) is 13.4. The van der Waals surface area contributed by atoms with E-state index in [1.807, 2.05) is 40.7 Å². The Kier molecular flexibility index (Phi) is 5.17. The Morgan fingerprint density at radius 3 is 2.80 bits per heavy atom. The lowest BCUT2D eigenvalue weighted by Gasteiger charge is -2.59. The van der Waals surface area contributed by atoms with Crippen molar-refractivity contribution in [3.63, 3.8) is 0 Å². The molecule has 2 amide bonds. The number of fused-ring (bicyclic) bond motifs is 6. The first-order valence-electron chi connectivity index (χ1n) is 13.4. The number of aromatic nitrogens is 2. The van der Waals surface area contributed by atoms with Gasteiger partial charge in [0.05, 0.1) is 17.8 Å². The van der Waals surface area contributed by atoms with Gasteiger partial charge in [-0.25, -0.2) is 4.52 Å². The molecule has 1 N–H and O–H groups in total. The number of carbonyl (C=O) groups excluding carboxylic acids is 2. The summed E-state index contributed by atoms with van der Waals surface area (Å²) in [6.45, 7) is 7.57. The van der Waals surface area contributed by atoms with Gasteiger partial charge >= 0.3 is 0 Å². The normalized spacial score (nSPS) is 36.7. The molecular formula is C29H38N4O2. The predicted octanol–water partition coefficient (Wildman–Crippen LogP) is 4.95. The minimum Gasteiger partial charge on any atom is -0.350 e. The molecule has 6 nitrogen and oxygen atoms in total. The van der Waals surface area contributed by atoms with Crippen LogP contribution >= 0.6 is 0 Å². The highest BCUT2D eigenvalue weighted by atomic mass is 16.2. The molecule has 186 valence electrons. The molecule has 6 atom stereocenters. The zero-order chi connectivity index (χ0) is 24.5. The van der Waals surface area contributed by atoms with Gasteiger partial charge in [-0.15, -0.1) is 0 Å². The van der Waals surface area contributed by atoms with Crippen molar-refractivity contribution in [2.45, 2.75) is 72.3 Å². The molecule has 6 heteroatoms. The SMILES string of the molecule is CC1=C2N(C)C(=O)CC[C@]2(C)[C@H]2CC[C@]3(C)[C@@H](C(=O)NCc4cccc5ccnn45)CC[C@H]3[C@@H]2C1. The van der Waals surface area contributed by atoms with E-state index >= 15 is 0 Å². The maximum absolute atomic E-state index is 13.6. The summed E-state index contributed by atoms with van der Waals surface area (Å²) in [5.41, 5.74) is 4.89. The fourth-order valence-corrected chi connectivity index (χ4v) is 8.98. The number of nitrogens with zero attached hydrogens (tertiary/aromatic N) is 3. The average Bonchev–Trinajstić information content (AvgIpc) is 3.45. The number of nitrogens with one attached hydrogen (secondary N) is 1. The minimum absolute atomic E-state index is 0.0491. The molecule has 3 aliphatic carbocycles. The standard InChI is InChI=1S/C29H38N4O2/c1-18-16-21-22-8-9-24(27(35)30-17-20-7-5-6-19-12-15-31-33(19)20)28(22,2)13-10-23(21)29(3)14-11-25(34)32(4)26(18)29/h5-7,12,15,21-24H,8-11,13-14,16-17H2,1-4H3,(H,30,35)/t21-,22-,23-,24+,28-,29+/m0/s1. The second-order valence-corrected chi connectivity index (χ2v) is 12.2. The van der Waals surface area contributed by atoms with Crippen LogP contribution in [0.25, 0.3) is 5.52 Å². The van der Waals surface area contributed by atoms with Gasteiger partial charge < -0.3 is 10.2 Å². The molecule has 3 heterocycles. The van der Waals surface area contributed by atoms with E-state index in [-0.39, 0.29) is 28.6 Å². The molecular weight excluding hydrogens is 436 g/mol. The molecule has 4 aliphatic rings. The van der Waals surface area contributed by atoms with Crippen molar-refractivity contribution < 1.29 is 9.59 Å². The minimum atomic E-state index is 0.0491. The molecule has 0 aromatic carbocycles.